The Morgan fingerprint density at radius 3 is 1.97 bits per heavy atom. The van der Waals surface area contributed by atoms with Crippen molar-refractivity contribution < 1.29 is 23.8 Å². The van der Waals surface area contributed by atoms with E-state index in [1.54, 1.807) is 26.0 Å². The molecule has 0 aliphatic carbocycles. The molecule has 0 saturated heterocycles. The van der Waals surface area contributed by atoms with E-state index < -0.39 is 11.9 Å². The van der Waals surface area contributed by atoms with E-state index in [-0.39, 0.29) is 0 Å². The van der Waals surface area contributed by atoms with Gasteiger partial charge >= 0.3 is 11.9 Å². The van der Waals surface area contributed by atoms with Crippen LogP contribution in [-0.2, 0) is 14.3 Å². The Kier molecular flexibility index (Phi) is 6.67. The highest BCUT2D eigenvalue weighted by Gasteiger charge is 2.06. The van der Waals surface area contributed by atoms with Crippen LogP contribution in [0.4, 0.5) is 0 Å². The quantitative estimate of drug-likeness (QED) is 0.207. The SMILES string of the molecule is C=C(C)C(=O)O/C=C\Oc1ccc2cc(-c3ccc(OC(=O)C(=C)C)cc3)ccc2c1. The fourth-order valence-corrected chi connectivity index (χ4v) is 2.68. The van der Waals surface area contributed by atoms with E-state index in [9.17, 15) is 9.59 Å². The van der Waals surface area contributed by atoms with Crippen molar-refractivity contribution in [2.45, 2.75) is 13.8 Å². The molecule has 0 aromatic heterocycles. The summed E-state index contributed by atoms with van der Waals surface area (Å²) in [5.41, 5.74) is 2.70. The molecule has 0 aliphatic rings. The molecule has 0 amide bonds. The lowest BCUT2D eigenvalue weighted by Crippen LogP contribution is -2.07. The minimum absolute atomic E-state index is 0.314. The Hall–Kier alpha value is -4.12. The van der Waals surface area contributed by atoms with Crippen LogP contribution in [0.3, 0.4) is 0 Å². The second-order valence-corrected chi connectivity index (χ2v) is 6.99. The summed E-state index contributed by atoms with van der Waals surface area (Å²) in [7, 11) is 0. The third-order valence-corrected chi connectivity index (χ3v) is 4.34. The highest BCUT2D eigenvalue weighted by Crippen LogP contribution is 2.28. The van der Waals surface area contributed by atoms with Crippen LogP contribution in [0.5, 0.6) is 11.5 Å². The molecular weight excluding hydrogens is 392 g/mol. The Labute approximate surface area is 180 Å². The first-order valence-corrected chi connectivity index (χ1v) is 9.53. The average Bonchev–Trinajstić information content (AvgIpc) is 2.76. The third-order valence-electron chi connectivity index (χ3n) is 4.34. The molecule has 0 N–H and O–H groups in total. The van der Waals surface area contributed by atoms with Crippen molar-refractivity contribution in [3.05, 3.63) is 97.5 Å². The van der Waals surface area contributed by atoms with Crippen LogP contribution in [0.15, 0.2) is 97.5 Å². The van der Waals surface area contributed by atoms with Crippen LogP contribution in [0.25, 0.3) is 21.9 Å². The summed E-state index contributed by atoms with van der Waals surface area (Å²) in [6.07, 6.45) is 2.49. The maximum Gasteiger partial charge on any atom is 0.338 e. The van der Waals surface area contributed by atoms with E-state index in [4.69, 9.17) is 14.2 Å². The minimum Gasteiger partial charge on any atom is -0.462 e. The molecule has 3 aromatic carbocycles. The predicted octanol–water partition coefficient (Wildman–Crippen LogP) is 5.96. The van der Waals surface area contributed by atoms with Gasteiger partial charge in [0.25, 0.3) is 0 Å². The molecule has 0 bridgehead atoms. The number of esters is 2. The smallest absolute Gasteiger partial charge is 0.338 e. The van der Waals surface area contributed by atoms with Crippen LogP contribution < -0.4 is 9.47 Å². The number of hydrogen-bond acceptors (Lipinski definition) is 5. The number of fused-ring (bicyclic) bond motifs is 1. The van der Waals surface area contributed by atoms with Gasteiger partial charge in [-0.1, -0.05) is 43.5 Å². The lowest BCUT2D eigenvalue weighted by atomic mass is 10.0. The summed E-state index contributed by atoms with van der Waals surface area (Å²) in [5, 5.41) is 2.04. The van der Waals surface area contributed by atoms with Gasteiger partial charge in [-0.25, -0.2) is 9.59 Å². The monoisotopic (exact) mass is 414 g/mol. The Morgan fingerprint density at radius 2 is 1.29 bits per heavy atom. The van der Waals surface area contributed by atoms with Gasteiger partial charge in [-0.05, 0) is 66.1 Å². The molecule has 0 unspecified atom stereocenters. The first-order chi connectivity index (χ1) is 14.8. The lowest BCUT2D eigenvalue weighted by Gasteiger charge is -2.08. The number of carbonyl (C=O) groups excluding carboxylic acids is 2. The van der Waals surface area contributed by atoms with Crippen molar-refractivity contribution in [2.24, 2.45) is 0 Å². The average molecular weight is 414 g/mol. The zero-order valence-corrected chi connectivity index (χ0v) is 17.4. The van der Waals surface area contributed by atoms with Gasteiger partial charge < -0.3 is 14.2 Å². The van der Waals surface area contributed by atoms with E-state index in [1.165, 1.54) is 12.5 Å². The molecule has 0 heterocycles. The number of hydrogen-bond donors (Lipinski definition) is 0. The number of carbonyl (C=O) groups is 2. The van der Waals surface area contributed by atoms with Crippen LogP contribution in [-0.4, -0.2) is 11.9 Å². The summed E-state index contributed by atoms with van der Waals surface area (Å²) < 4.78 is 15.6. The molecule has 3 rings (SSSR count). The van der Waals surface area contributed by atoms with E-state index >= 15 is 0 Å². The molecule has 0 radical (unpaired) electrons. The Balaban J connectivity index is 1.70. The van der Waals surface area contributed by atoms with Gasteiger partial charge in [0.2, 0.25) is 0 Å². The van der Waals surface area contributed by atoms with E-state index in [1.807, 2.05) is 42.5 Å². The molecule has 0 fully saturated rings. The summed E-state index contributed by atoms with van der Waals surface area (Å²) in [4.78, 5) is 22.9. The largest absolute Gasteiger partial charge is 0.462 e. The van der Waals surface area contributed by atoms with Crippen molar-refractivity contribution in [1.29, 1.82) is 0 Å². The van der Waals surface area contributed by atoms with Gasteiger partial charge in [0.15, 0.2) is 0 Å². The van der Waals surface area contributed by atoms with Crippen molar-refractivity contribution in [3.8, 4) is 22.6 Å². The second kappa shape index (κ2) is 9.59. The Bertz CT molecular complexity index is 1190. The maximum atomic E-state index is 11.6. The second-order valence-electron chi connectivity index (χ2n) is 6.99. The van der Waals surface area contributed by atoms with Gasteiger partial charge in [-0.2, -0.15) is 0 Å². The summed E-state index contributed by atoms with van der Waals surface area (Å²) in [6.45, 7) is 10.3. The molecule has 0 aliphatic heterocycles. The van der Waals surface area contributed by atoms with Crippen molar-refractivity contribution >= 4 is 22.7 Å². The van der Waals surface area contributed by atoms with Gasteiger partial charge in [-0.3, -0.25) is 0 Å². The van der Waals surface area contributed by atoms with Crippen molar-refractivity contribution in [1.82, 2.24) is 0 Å². The normalized spacial score (nSPS) is 10.6. The number of ether oxygens (including phenoxy) is 3. The summed E-state index contributed by atoms with van der Waals surface area (Å²) in [6, 6.07) is 19.1. The fourth-order valence-electron chi connectivity index (χ4n) is 2.68. The minimum atomic E-state index is -0.507. The standard InChI is InChI=1S/C26H22O5/c1-17(2)25(27)30-14-13-29-24-12-9-21-15-20(5-6-22(21)16-24)19-7-10-23(11-8-19)31-26(28)18(3)4/h5-16H,1,3H2,2,4H3/b14-13-. The molecule has 31 heavy (non-hydrogen) atoms. The molecule has 0 atom stereocenters. The zero-order valence-electron chi connectivity index (χ0n) is 17.4. The van der Waals surface area contributed by atoms with Crippen LogP contribution >= 0.6 is 0 Å². The Morgan fingerprint density at radius 1 is 0.710 bits per heavy atom. The first-order valence-electron chi connectivity index (χ1n) is 9.53. The first kappa shape index (κ1) is 21.6. The van der Waals surface area contributed by atoms with Gasteiger partial charge in [0.1, 0.15) is 24.0 Å². The van der Waals surface area contributed by atoms with Gasteiger partial charge in [0, 0.05) is 11.1 Å². The zero-order chi connectivity index (χ0) is 22.4. The maximum absolute atomic E-state index is 11.6. The highest BCUT2D eigenvalue weighted by atomic mass is 16.5. The van der Waals surface area contributed by atoms with Crippen LogP contribution in [0.1, 0.15) is 13.8 Å². The molecule has 3 aromatic rings. The highest BCUT2D eigenvalue weighted by molar-refractivity contribution is 5.90. The number of benzene rings is 3. The van der Waals surface area contributed by atoms with E-state index in [0.29, 0.717) is 22.6 Å². The fraction of sp³-hybridized carbons (Fsp3) is 0.0769. The van der Waals surface area contributed by atoms with Gasteiger partial charge in [0.05, 0.1) is 0 Å². The molecule has 0 spiro atoms. The van der Waals surface area contributed by atoms with Crippen molar-refractivity contribution in [2.75, 3.05) is 0 Å². The van der Waals surface area contributed by atoms with Gasteiger partial charge in [-0.15, -0.1) is 0 Å². The molecule has 5 heteroatoms. The topological polar surface area (TPSA) is 61.8 Å². The predicted molar refractivity (Wildman–Crippen MR) is 121 cm³/mol. The number of rotatable bonds is 7. The lowest BCUT2D eigenvalue weighted by molar-refractivity contribution is -0.133. The van der Waals surface area contributed by atoms with Crippen LogP contribution in [0, 0.1) is 0 Å². The molecular formula is C26H22O5. The van der Waals surface area contributed by atoms with E-state index in [2.05, 4.69) is 19.2 Å². The van der Waals surface area contributed by atoms with Crippen LogP contribution in [0.2, 0.25) is 0 Å². The molecule has 156 valence electrons. The molecule has 5 nitrogen and oxygen atoms in total. The van der Waals surface area contributed by atoms with Crippen molar-refractivity contribution in [3.63, 3.8) is 0 Å². The third kappa shape index (κ3) is 5.70. The summed E-state index contributed by atoms with van der Waals surface area (Å²) >= 11 is 0. The summed E-state index contributed by atoms with van der Waals surface area (Å²) in [5.74, 6) is 0.140. The van der Waals surface area contributed by atoms with E-state index in [0.717, 1.165) is 21.9 Å². The molecule has 0 saturated carbocycles.